The molecule has 0 spiro atoms. The Labute approximate surface area is 100 Å². The summed E-state index contributed by atoms with van der Waals surface area (Å²) in [6.45, 7) is 6.21. The van der Waals surface area contributed by atoms with E-state index >= 15 is 0 Å². The summed E-state index contributed by atoms with van der Waals surface area (Å²) in [6, 6.07) is 0.389. The van der Waals surface area contributed by atoms with Crippen LogP contribution in [0.5, 0.6) is 0 Å². The standard InChI is InChI=1S/C10H16ClN3S/c1-4-15-5-7(2)14-10-8(3)9(11)12-6-13-10/h6-7H,4-5H2,1-3H3,(H,12,13,14). The molecule has 0 bridgehead atoms. The quantitative estimate of drug-likeness (QED) is 0.810. The summed E-state index contributed by atoms with van der Waals surface area (Å²) in [5.74, 6) is 3.03. The molecule has 0 saturated carbocycles. The van der Waals surface area contributed by atoms with Crippen molar-refractivity contribution in [3.05, 3.63) is 17.0 Å². The lowest BCUT2D eigenvalue weighted by Gasteiger charge is -2.15. The zero-order chi connectivity index (χ0) is 11.3. The van der Waals surface area contributed by atoms with E-state index in [1.807, 2.05) is 18.7 Å². The number of thioether (sulfide) groups is 1. The van der Waals surface area contributed by atoms with E-state index in [9.17, 15) is 0 Å². The number of rotatable bonds is 5. The van der Waals surface area contributed by atoms with Gasteiger partial charge in [0, 0.05) is 17.4 Å². The van der Waals surface area contributed by atoms with E-state index in [1.54, 1.807) is 0 Å². The Morgan fingerprint density at radius 2 is 2.27 bits per heavy atom. The number of nitrogens with one attached hydrogen (secondary N) is 1. The molecule has 1 atom stereocenters. The topological polar surface area (TPSA) is 37.8 Å². The monoisotopic (exact) mass is 245 g/mol. The van der Waals surface area contributed by atoms with Gasteiger partial charge in [0.05, 0.1) is 0 Å². The normalized spacial score (nSPS) is 12.5. The van der Waals surface area contributed by atoms with Gasteiger partial charge in [-0.2, -0.15) is 11.8 Å². The minimum Gasteiger partial charge on any atom is -0.366 e. The zero-order valence-corrected chi connectivity index (χ0v) is 10.8. The van der Waals surface area contributed by atoms with Gasteiger partial charge >= 0.3 is 0 Å². The lowest BCUT2D eigenvalue weighted by atomic mass is 10.3. The molecule has 1 heterocycles. The lowest BCUT2D eigenvalue weighted by molar-refractivity contribution is 0.894. The van der Waals surface area contributed by atoms with E-state index in [2.05, 4.69) is 29.1 Å². The zero-order valence-electron chi connectivity index (χ0n) is 9.25. The number of anilines is 1. The van der Waals surface area contributed by atoms with Crippen molar-refractivity contribution in [3.63, 3.8) is 0 Å². The maximum absolute atomic E-state index is 5.91. The van der Waals surface area contributed by atoms with E-state index in [-0.39, 0.29) is 0 Å². The smallest absolute Gasteiger partial charge is 0.137 e. The highest BCUT2D eigenvalue weighted by atomic mass is 35.5. The molecule has 84 valence electrons. The first-order valence-electron chi connectivity index (χ1n) is 4.96. The average molecular weight is 246 g/mol. The Hall–Kier alpha value is -0.480. The summed E-state index contributed by atoms with van der Waals surface area (Å²) >= 11 is 7.81. The second kappa shape index (κ2) is 6.18. The fourth-order valence-corrected chi connectivity index (χ4v) is 1.95. The molecular formula is C10H16ClN3S. The van der Waals surface area contributed by atoms with Crippen LogP contribution >= 0.6 is 23.4 Å². The molecule has 0 fully saturated rings. The summed E-state index contributed by atoms with van der Waals surface area (Å²) in [4.78, 5) is 8.09. The fraction of sp³-hybridized carbons (Fsp3) is 0.600. The number of aromatic nitrogens is 2. The molecule has 0 amide bonds. The van der Waals surface area contributed by atoms with Gasteiger partial charge in [-0.3, -0.25) is 0 Å². The van der Waals surface area contributed by atoms with Crippen LogP contribution in [0.2, 0.25) is 5.15 Å². The maximum Gasteiger partial charge on any atom is 0.137 e. The number of halogens is 1. The molecule has 1 aromatic rings. The van der Waals surface area contributed by atoms with Crippen molar-refractivity contribution >= 4 is 29.2 Å². The molecule has 1 N–H and O–H groups in total. The predicted molar refractivity (Wildman–Crippen MR) is 67.9 cm³/mol. The van der Waals surface area contributed by atoms with Crippen molar-refractivity contribution in [1.29, 1.82) is 0 Å². The summed E-state index contributed by atoms with van der Waals surface area (Å²) in [7, 11) is 0. The van der Waals surface area contributed by atoms with Gasteiger partial charge in [-0.1, -0.05) is 18.5 Å². The third-order valence-electron chi connectivity index (χ3n) is 1.98. The first-order chi connectivity index (χ1) is 7.15. The molecule has 3 nitrogen and oxygen atoms in total. The Morgan fingerprint density at radius 1 is 1.53 bits per heavy atom. The van der Waals surface area contributed by atoms with Crippen LogP contribution in [0.1, 0.15) is 19.4 Å². The van der Waals surface area contributed by atoms with Gasteiger partial charge in [0.2, 0.25) is 0 Å². The summed E-state index contributed by atoms with van der Waals surface area (Å²) in [5, 5.41) is 3.85. The molecule has 0 aliphatic carbocycles. The third-order valence-corrected chi connectivity index (χ3v) is 3.50. The van der Waals surface area contributed by atoms with Crippen LogP contribution in [0.3, 0.4) is 0 Å². The van der Waals surface area contributed by atoms with Crippen molar-refractivity contribution in [3.8, 4) is 0 Å². The van der Waals surface area contributed by atoms with Crippen LogP contribution in [-0.4, -0.2) is 27.5 Å². The van der Waals surface area contributed by atoms with Crippen LogP contribution in [0.15, 0.2) is 6.33 Å². The van der Waals surface area contributed by atoms with Crippen molar-refractivity contribution < 1.29 is 0 Å². The largest absolute Gasteiger partial charge is 0.366 e. The summed E-state index contributed by atoms with van der Waals surface area (Å²) in [6.07, 6.45) is 1.48. The van der Waals surface area contributed by atoms with Crippen LogP contribution in [0, 0.1) is 6.92 Å². The van der Waals surface area contributed by atoms with E-state index in [0.29, 0.717) is 11.2 Å². The van der Waals surface area contributed by atoms with Crippen molar-refractivity contribution in [2.75, 3.05) is 16.8 Å². The molecule has 1 rings (SSSR count). The highest BCUT2D eigenvalue weighted by molar-refractivity contribution is 7.99. The highest BCUT2D eigenvalue weighted by Gasteiger charge is 2.07. The van der Waals surface area contributed by atoms with Crippen LogP contribution in [0.4, 0.5) is 5.82 Å². The molecule has 1 unspecified atom stereocenters. The second-order valence-corrected chi connectivity index (χ2v) is 5.02. The molecule has 0 aromatic carbocycles. The number of nitrogens with zero attached hydrogens (tertiary/aromatic N) is 2. The Balaban J connectivity index is 2.60. The third kappa shape index (κ3) is 3.87. The Kier molecular flexibility index (Phi) is 5.19. The van der Waals surface area contributed by atoms with Gasteiger partial charge < -0.3 is 5.32 Å². The lowest BCUT2D eigenvalue weighted by Crippen LogP contribution is -2.19. The molecular weight excluding hydrogens is 230 g/mol. The number of hydrogen-bond donors (Lipinski definition) is 1. The van der Waals surface area contributed by atoms with Crippen molar-refractivity contribution in [2.24, 2.45) is 0 Å². The van der Waals surface area contributed by atoms with Gasteiger partial charge in [0.1, 0.15) is 17.3 Å². The van der Waals surface area contributed by atoms with Gasteiger partial charge in [0.15, 0.2) is 0 Å². The van der Waals surface area contributed by atoms with Gasteiger partial charge in [-0.25, -0.2) is 9.97 Å². The molecule has 15 heavy (non-hydrogen) atoms. The van der Waals surface area contributed by atoms with Crippen LogP contribution < -0.4 is 5.32 Å². The minimum absolute atomic E-state index is 0.389. The summed E-state index contributed by atoms with van der Waals surface area (Å²) < 4.78 is 0. The van der Waals surface area contributed by atoms with Gasteiger partial charge in [-0.15, -0.1) is 0 Å². The van der Waals surface area contributed by atoms with E-state index < -0.39 is 0 Å². The molecule has 0 aliphatic rings. The van der Waals surface area contributed by atoms with Gasteiger partial charge in [-0.05, 0) is 19.6 Å². The molecule has 0 aliphatic heterocycles. The molecule has 5 heteroatoms. The molecule has 0 saturated heterocycles. The Bertz CT molecular complexity index is 320. The highest BCUT2D eigenvalue weighted by Crippen LogP contribution is 2.19. The van der Waals surface area contributed by atoms with Crippen molar-refractivity contribution in [2.45, 2.75) is 26.8 Å². The average Bonchev–Trinajstić information content (AvgIpc) is 2.22. The summed E-state index contributed by atoms with van der Waals surface area (Å²) in [5.41, 5.74) is 0.910. The van der Waals surface area contributed by atoms with Crippen LogP contribution in [0.25, 0.3) is 0 Å². The number of hydrogen-bond acceptors (Lipinski definition) is 4. The predicted octanol–water partition coefficient (Wildman–Crippen LogP) is 2.99. The first kappa shape index (κ1) is 12.6. The second-order valence-electron chi connectivity index (χ2n) is 3.34. The molecule has 0 radical (unpaired) electrons. The minimum atomic E-state index is 0.389. The van der Waals surface area contributed by atoms with E-state index in [4.69, 9.17) is 11.6 Å². The van der Waals surface area contributed by atoms with Crippen molar-refractivity contribution in [1.82, 2.24) is 9.97 Å². The first-order valence-corrected chi connectivity index (χ1v) is 6.49. The van der Waals surface area contributed by atoms with E-state index in [0.717, 1.165) is 22.9 Å². The fourth-order valence-electron chi connectivity index (χ4n) is 1.14. The van der Waals surface area contributed by atoms with E-state index in [1.165, 1.54) is 6.33 Å². The Morgan fingerprint density at radius 3 is 2.93 bits per heavy atom. The van der Waals surface area contributed by atoms with Gasteiger partial charge in [0.25, 0.3) is 0 Å². The maximum atomic E-state index is 5.91. The molecule has 1 aromatic heterocycles. The van der Waals surface area contributed by atoms with Crippen LogP contribution in [-0.2, 0) is 0 Å². The SMILES string of the molecule is CCSCC(C)Nc1ncnc(Cl)c1C.